The van der Waals surface area contributed by atoms with E-state index in [0.29, 0.717) is 33.4 Å². The van der Waals surface area contributed by atoms with Gasteiger partial charge in [-0.25, -0.2) is 0 Å². The van der Waals surface area contributed by atoms with Crippen molar-refractivity contribution in [2.24, 2.45) is 4.99 Å². The number of thiazole rings is 1. The van der Waals surface area contributed by atoms with Gasteiger partial charge in [0.25, 0.3) is 5.91 Å². The number of benzene rings is 2. The molecule has 0 bridgehead atoms. The van der Waals surface area contributed by atoms with Crippen LogP contribution in [0.3, 0.4) is 0 Å². The van der Waals surface area contributed by atoms with Crippen LogP contribution in [0.2, 0.25) is 10.0 Å². The quantitative estimate of drug-likeness (QED) is 0.594. The fraction of sp³-hybridized carbons (Fsp3) is 0.111. The SMILES string of the molecule is C=CCn1c(=NC(=O)c2ccc(Cl)cc2Cl)sc2cc3c(cc21)OCO3. The molecule has 3 aromatic rings. The Hall–Kier alpha value is -2.28. The molecule has 0 saturated heterocycles. The van der Waals surface area contributed by atoms with Crippen molar-refractivity contribution >= 4 is 50.7 Å². The van der Waals surface area contributed by atoms with E-state index >= 15 is 0 Å². The largest absolute Gasteiger partial charge is 0.454 e. The molecule has 5 nitrogen and oxygen atoms in total. The van der Waals surface area contributed by atoms with Crippen LogP contribution in [0.5, 0.6) is 11.5 Å². The van der Waals surface area contributed by atoms with Gasteiger partial charge < -0.3 is 14.0 Å². The van der Waals surface area contributed by atoms with Gasteiger partial charge in [0.15, 0.2) is 16.3 Å². The van der Waals surface area contributed by atoms with Gasteiger partial charge in [-0.15, -0.1) is 6.58 Å². The van der Waals surface area contributed by atoms with Crippen LogP contribution in [-0.2, 0) is 6.54 Å². The number of aromatic nitrogens is 1. The number of halogens is 2. The maximum Gasteiger partial charge on any atom is 0.281 e. The fourth-order valence-electron chi connectivity index (χ4n) is 2.66. The summed E-state index contributed by atoms with van der Waals surface area (Å²) in [5.41, 5.74) is 1.20. The summed E-state index contributed by atoms with van der Waals surface area (Å²) in [6.07, 6.45) is 1.75. The number of amides is 1. The van der Waals surface area contributed by atoms with E-state index in [1.165, 1.54) is 17.4 Å². The Kier molecular flexibility index (Phi) is 4.48. The van der Waals surface area contributed by atoms with E-state index in [2.05, 4.69) is 11.6 Å². The minimum atomic E-state index is -0.434. The number of carbonyl (C=O) groups is 1. The summed E-state index contributed by atoms with van der Waals surface area (Å²) in [6, 6.07) is 8.47. The van der Waals surface area contributed by atoms with Crippen LogP contribution in [0.4, 0.5) is 0 Å². The molecule has 4 rings (SSSR count). The van der Waals surface area contributed by atoms with E-state index < -0.39 is 5.91 Å². The molecule has 132 valence electrons. The Balaban J connectivity index is 1.87. The third-order valence-electron chi connectivity index (χ3n) is 3.85. The molecule has 2 aromatic carbocycles. The molecule has 1 aliphatic heterocycles. The summed E-state index contributed by atoms with van der Waals surface area (Å²) in [6.45, 7) is 4.49. The van der Waals surface area contributed by atoms with E-state index in [0.717, 1.165) is 10.2 Å². The van der Waals surface area contributed by atoms with Crippen LogP contribution < -0.4 is 14.3 Å². The van der Waals surface area contributed by atoms with Gasteiger partial charge in [-0.2, -0.15) is 4.99 Å². The van der Waals surface area contributed by atoms with Gasteiger partial charge in [0.1, 0.15) is 0 Å². The lowest BCUT2D eigenvalue weighted by atomic mass is 10.2. The Bertz CT molecular complexity index is 1120. The average molecular weight is 407 g/mol. The maximum absolute atomic E-state index is 12.6. The van der Waals surface area contributed by atoms with Gasteiger partial charge >= 0.3 is 0 Å². The minimum Gasteiger partial charge on any atom is -0.454 e. The van der Waals surface area contributed by atoms with Crippen LogP contribution in [-0.4, -0.2) is 17.3 Å². The monoisotopic (exact) mass is 406 g/mol. The molecule has 0 spiro atoms. The summed E-state index contributed by atoms with van der Waals surface area (Å²) in [4.78, 5) is 17.4. The number of nitrogens with zero attached hydrogens (tertiary/aromatic N) is 2. The lowest BCUT2D eigenvalue weighted by Gasteiger charge is -2.03. The molecule has 0 saturated carbocycles. The summed E-state index contributed by atoms with van der Waals surface area (Å²) in [5, 5.41) is 0.730. The van der Waals surface area contributed by atoms with Gasteiger partial charge in [0.2, 0.25) is 6.79 Å². The molecule has 26 heavy (non-hydrogen) atoms. The van der Waals surface area contributed by atoms with Crippen molar-refractivity contribution in [3.05, 3.63) is 63.4 Å². The van der Waals surface area contributed by atoms with E-state index in [-0.39, 0.29) is 11.8 Å². The number of hydrogen-bond donors (Lipinski definition) is 0. The maximum atomic E-state index is 12.6. The Morgan fingerprint density at radius 3 is 2.77 bits per heavy atom. The highest BCUT2D eigenvalue weighted by atomic mass is 35.5. The van der Waals surface area contributed by atoms with Crippen molar-refractivity contribution in [3.63, 3.8) is 0 Å². The molecule has 0 radical (unpaired) electrons. The molecule has 2 heterocycles. The molecule has 1 aliphatic rings. The second-order valence-corrected chi connectivity index (χ2v) is 7.35. The average Bonchev–Trinajstić information content (AvgIpc) is 3.17. The fourth-order valence-corrected chi connectivity index (χ4v) is 4.20. The molecule has 0 atom stereocenters. The van der Waals surface area contributed by atoms with Crippen molar-refractivity contribution < 1.29 is 14.3 Å². The molecular formula is C18H12Cl2N2O3S. The van der Waals surface area contributed by atoms with E-state index in [1.807, 2.05) is 16.7 Å². The molecule has 8 heteroatoms. The first-order chi connectivity index (χ1) is 12.6. The van der Waals surface area contributed by atoms with Gasteiger partial charge in [-0.3, -0.25) is 4.79 Å². The topological polar surface area (TPSA) is 52.8 Å². The van der Waals surface area contributed by atoms with Gasteiger partial charge in [0.05, 0.1) is 20.8 Å². The predicted molar refractivity (Wildman–Crippen MR) is 102 cm³/mol. The first kappa shape index (κ1) is 17.1. The highest BCUT2D eigenvalue weighted by molar-refractivity contribution is 7.16. The van der Waals surface area contributed by atoms with Gasteiger partial charge in [-0.05, 0) is 18.2 Å². The zero-order valence-electron chi connectivity index (χ0n) is 13.4. The number of hydrogen-bond acceptors (Lipinski definition) is 4. The minimum absolute atomic E-state index is 0.207. The van der Waals surface area contributed by atoms with Gasteiger partial charge in [0, 0.05) is 23.7 Å². The highest BCUT2D eigenvalue weighted by Crippen LogP contribution is 2.37. The van der Waals surface area contributed by atoms with Crippen molar-refractivity contribution in [2.75, 3.05) is 6.79 Å². The van der Waals surface area contributed by atoms with Crippen molar-refractivity contribution in [1.82, 2.24) is 4.57 Å². The number of fused-ring (bicyclic) bond motifs is 2. The number of rotatable bonds is 3. The standard InChI is InChI=1S/C18H12Cl2N2O3S/c1-2-5-22-13-7-14-15(25-9-24-14)8-16(13)26-18(22)21-17(23)11-4-3-10(19)6-12(11)20/h2-4,6-8H,1,5,9H2. The zero-order valence-corrected chi connectivity index (χ0v) is 15.7. The summed E-state index contributed by atoms with van der Waals surface area (Å²) >= 11 is 13.4. The van der Waals surface area contributed by atoms with Crippen LogP contribution in [0, 0.1) is 0 Å². The Labute approximate surface area is 162 Å². The van der Waals surface area contributed by atoms with Crippen LogP contribution in [0.25, 0.3) is 10.2 Å². The molecule has 1 amide bonds. The molecule has 1 aromatic heterocycles. The van der Waals surface area contributed by atoms with Crippen LogP contribution in [0.1, 0.15) is 10.4 Å². The van der Waals surface area contributed by atoms with E-state index in [1.54, 1.807) is 18.2 Å². The van der Waals surface area contributed by atoms with Crippen molar-refractivity contribution in [3.8, 4) is 11.5 Å². The normalized spacial score (nSPS) is 13.4. The van der Waals surface area contributed by atoms with Crippen molar-refractivity contribution in [2.45, 2.75) is 6.54 Å². The summed E-state index contributed by atoms with van der Waals surface area (Å²) in [5.74, 6) is 0.922. The van der Waals surface area contributed by atoms with Gasteiger partial charge in [-0.1, -0.05) is 40.6 Å². The predicted octanol–water partition coefficient (Wildman–Crippen LogP) is 4.67. The Morgan fingerprint density at radius 2 is 2.04 bits per heavy atom. The summed E-state index contributed by atoms with van der Waals surface area (Å²) < 4.78 is 13.7. The molecule has 0 fully saturated rings. The van der Waals surface area contributed by atoms with Crippen LogP contribution in [0.15, 0.2) is 48.0 Å². The van der Waals surface area contributed by atoms with Crippen molar-refractivity contribution in [1.29, 1.82) is 0 Å². The molecule has 0 unspecified atom stereocenters. The first-order valence-corrected chi connectivity index (χ1v) is 9.22. The molecular weight excluding hydrogens is 395 g/mol. The third-order valence-corrected chi connectivity index (χ3v) is 5.44. The lowest BCUT2D eigenvalue weighted by molar-refractivity contribution is 0.0998. The first-order valence-electron chi connectivity index (χ1n) is 7.65. The smallest absolute Gasteiger partial charge is 0.281 e. The zero-order chi connectivity index (χ0) is 18.3. The number of allylic oxidation sites excluding steroid dienone is 1. The summed E-state index contributed by atoms with van der Waals surface area (Å²) in [7, 11) is 0. The number of carbonyl (C=O) groups excluding carboxylic acids is 1. The highest BCUT2D eigenvalue weighted by Gasteiger charge is 2.18. The van der Waals surface area contributed by atoms with E-state index in [9.17, 15) is 4.79 Å². The molecule has 0 N–H and O–H groups in total. The second kappa shape index (κ2) is 6.79. The lowest BCUT2D eigenvalue weighted by Crippen LogP contribution is -2.16. The second-order valence-electron chi connectivity index (χ2n) is 5.50. The molecule has 0 aliphatic carbocycles. The number of ether oxygens (including phenoxy) is 2. The Morgan fingerprint density at radius 1 is 1.27 bits per heavy atom. The third kappa shape index (κ3) is 3.00. The van der Waals surface area contributed by atoms with E-state index in [4.69, 9.17) is 32.7 Å². The van der Waals surface area contributed by atoms with Crippen LogP contribution >= 0.6 is 34.5 Å².